The maximum absolute atomic E-state index is 13.7. The highest BCUT2D eigenvalue weighted by molar-refractivity contribution is 7.99. The molecule has 0 saturated heterocycles. The van der Waals surface area contributed by atoms with E-state index >= 15 is 0 Å². The van der Waals surface area contributed by atoms with Crippen LogP contribution in [-0.2, 0) is 11.3 Å². The molecule has 2 aromatic carbocycles. The van der Waals surface area contributed by atoms with Crippen molar-refractivity contribution in [1.29, 1.82) is 0 Å². The topological polar surface area (TPSA) is 59.8 Å². The first kappa shape index (κ1) is 20.3. The molecule has 0 aliphatic heterocycles. The minimum atomic E-state index is -0.814. The summed E-state index contributed by atoms with van der Waals surface area (Å²) in [5.41, 5.74) is 1.23. The number of hydrogen-bond acceptors (Lipinski definition) is 4. The first-order valence-electron chi connectivity index (χ1n) is 9.53. The standard InChI is InChI=1S/C22H20F2N4OS/c1-2-10-28-21(17-12-16(17)14-6-4-3-5-7-14)26-27-22(28)30-13-20(29)25-19-9-8-15(23)11-18(19)24/h2-9,11,16-17H,1,10,12-13H2,(H,25,29). The molecule has 4 rings (SSSR count). The maximum Gasteiger partial charge on any atom is 0.234 e. The predicted molar refractivity (Wildman–Crippen MR) is 112 cm³/mol. The number of anilines is 1. The Hall–Kier alpha value is -3.00. The zero-order valence-corrected chi connectivity index (χ0v) is 16.9. The Kier molecular flexibility index (Phi) is 5.94. The zero-order valence-electron chi connectivity index (χ0n) is 16.1. The van der Waals surface area contributed by atoms with Crippen LogP contribution in [0.3, 0.4) is 0 Å². The number of allylic oxidation sites excluding steroid dienone is 1. The van der Waals surface area contributed by atoms with Gasteiger partial charge in [-0.05, 0) is 30.0 Å². The van der Waals surface area contributed by atoms with E-state index < -0.39 is 17.5 Å². The van der Waals surface area contributed by atoms with Crippen molar-refractivity contribution >= 4 is 23.4 Å². The molecule has 1 saturated carbocycles. The van der Waals surface area contributed by atoms with Gasteiger partial charge in [-0.2, -0.15) is 0 Å². The Morgan fingerprint density at radius 2 is 2.00 bits per heavy atom. The van der Waals surface area contributed by atoms with E-state index in [-0.39, 0.29) is 17.4 Å². The number of rotatable bonds is 8. The number of benzene rings is 2. The van der Waals surface area contributed by atoms with Gasteiger partial charge < -0.3 is 9.88 Å². The van der Waals surface area contributed by atoms with E-state index in [1.165, 1.54) is 23.4 Å². The summed E-state index contributed by atoms with van der Waals surface area (Å²) in [7, 11) is 0. The highest BCUT2D eigenvalue weighted by Crippen LogP contribution is 2.54. The number of aromatic nitrogens is 3. The number of hydrogen-bond donors (Lipinski definition) is 1. The SMILES string of the molecule is C=CCn1c(SCC(=O)Nc2ccc(F)cc2F)nnc1C1CC1c1ccccc1. The average Bonchev–Trinajstić information content (AvgIpc) is 3.44. The first-order chi connectivity index (χ1) is 14.6. The summed E-state index contributed by atoms with van der Waals surface area (Å²) >= 11 is 1.22. The van der Waals surface area contributed by atoms with Crippen LogP contribution in [0.4, 0.5) is 14.5 Å². The summed E-state index contributed by atoms with van der Waals surface area (Å²) in [6, 6.07) is 13.3. The molecule has 154 valence electrons. The summed E-state index contributed by atoms with van der Waals surface area (Å²) in [4.78, 5) is 12.2. The number of carbonyl (C=O) groups excluding carboxylic acids is 1. The third-order valence-electron chi connectivity index (χ3n) is 4.94. The lowest BCUT2D eigenvalue weighted by Crippen LogP contribution is -2.15. The lowest BCUT2D eigenvalue weighted by molar-refractivity contribution is -0.113. The minimum absolute atomic E-state index is 0.0267. The van der Waals surface area contributed by atoms with Crippen molar-refractivity contribution in [2.45, 2.75) is 30.0 Å². The van der Waals surface area contributed by atoms with E-state index in [9.17, 15) is 13.6 Å². The maximum atomic E-state index is 13.7. The van der Waals surface area contributed by atoms with Crippen LogP contribution >= 0.6 is 11.8 Å². The highest BCUT2D eigenvalue weighted by Gasteiger charge is 2.43. The number of thioether (sulfide) groups is 1. The monoisotopic (exact) mass is 426 g/mol. The van der Waals surface area contributed by atoms with Gasteiger partial charge in [0.15, 0.2) is 5.16 Å². The predicted octanol–water partition coefficient (Wildman–Crippen LogP) is 4.74. The fraction of sp³-hybridized carbons (Fsp3) is 0.227. The van der Waals surface area contributed by atoms with Crippen molar-refractivity contribution in [1.82, 2.24) is 14.8 Å². The van der Waals surface area contributed by atoms with Gasteiger partial charge >= 0.3 is 0 Å². The van der Waals surface area contributed by atoms with Crippen LogP contribution in [0.15, 0.2) is 66.3 Å². The molecule has 0 spiro atoms. The lowest BCUT2D eigenvalue weighted by Gasteiger charge is -2.09. The van der Waals surface area contributed by atoms with Crippen LogP contribution < -0.4 is 5.32 Å². The molecule has 1 aliphatic carbocycles. The van der Waals surface area contributed by atoms with E-state index in [1.54, 1.807) is 6.08 Å². The zero-order chi connectivity index (χ0) is 21.1. The van der Waals surface area contributed by atoms with Gasteiger partial charge in [0.2, 0.25) is 5.91 Å². The van der Waals surface area contributed by atoms with Crippen molar-refractivity contribution in [2.24, 2.45) is 0 Å². The molecule has 2 atom stereocenters. The van der Waals surface area contributed by atoms with Gasteiger partial charge in [0.05, 0.1) is 11.4 Å². The number of amides is 1. The second-order valence-electron chi connectivity index (χ2n) is 7.06. The molecule has 0 radical (unpaired) electrons. The third-order valence-corrected chi connectivity index (χ3v) is 5.91. The Balaban J connectivity index is 1.42. The van der Waals surface area contributed by atoms with E-state index in [4.69, 9.17) is 0 Å². The Morgan fingerprint density at radius 1 is 1.20 bits per heavy atom. The van der Waals surface area contributed by atoms with Crippen molar-refractivity contribution in [3.05, 3.63) is 84.2 Å². The van der Waals surface area contributed by atoms with Gasteiger partial charge in [-0.25, -0.2) is 8.78 Å². The van der Waals surface area contributed by atoms with Crippen LogP contribution in [-0.4, -0.2) is 26.4 Å². The number of nitrogens with one attached hydrogen (secondary N) is 1. The van der Waals surface area contributed by atoms with E-state index in [2.05, 4.69) is 34.2 Å². The van der Waals surface area contributed by atoms with Crippen LogP contribution in [0.5, 0.6) is 0 Å². The molecule has 30 heavy (non-hydrogen) atoms. The fourth-order valence-electron chi connectivity index (χ4n) is 3.44. The molecule has 3 aromatic rings. The van der Waals surface area contributed by atoms with Gasteiger partial charge in [-0.1, -0.05) is 48.2 Å². The van der Waals surface area contributed by atoms with Crippen LogP contribution in [0.25, 0.3) is 0 Å². The average molecular weight is 426 g/mol. The number of halogens is 2. The van der Waals surface area contributed by atoms with E-state index in [0.717, 1.165) is 24.4 Å². The fourth-order valence-corrected chi connectivity index (χ4v) is 4.19. The summed E-state index contributed by atoms with van der Waals surface area (Å²) in [5.74, 6) is -0.299. The van der Waals surface area contributed by atoms with Gasteiger partial charge in [-0.3, -0.25) is 4.79 Å². The number of nitrogens with zero attached hydrogens (tertiary/aromatic N) is 3. The summed E-state index contributed by atoms with van der Waals surface area (Å²) in [5, 5.41) is 11.7. The molecule has 1 N–H and O–H groups in total. The Morgan fingerprint density at radius 3 is 2.73 bits per heavy atom. The van der Waals surface area contributed by atoms with Crippen molar-refractivity contribution in [3.63, 3.8) is 0 Å². The summed E-state index contributed by atoms with van der Waals surface area (Å²) in [6.07, 6.45) is 2.78. The first-order valence-corrected chi connectivity index (χ1v) is 10.5. The van der Waals surface area contributed by atoms with Gasteiger partial charge in [0.25, 0.3) is 0 Å². The number of carbonyl (C=O) groups is 1. The van der Waals surface area contributed by atoms with E-state index in [1.807, 2.05) is 22.8 Å². The van der Waals surface area contributed by atoms with Crippen molar-refractivity contribution in [3.8, 4) is 0 Å². The Bertz CT molecular complexity index is 1070. The van der Waals surface area contributed by atoms with Crippen LogP contribution in [0, 0.1) is 11.6 Å². The van der Waals surface area contributed by atoms with Gasteiger partial charge in [0, 0.05) is 18.5 Å². The second-order valence-corrected chi connectivity index (χ2v) is 8.00. The molecule has 2 unspecified atom stereocenters. The molecule has 1 amide bonds. The summed E-state index contributed by atoms with van der Waals surface area (Å²) in [6.45, 7) is 4.34. The van der Waals surface area contributed by atoms with Crippen molar-refractivity contribution in [2.75, 3.05) is 11.1 Å². The van der Waals surface area contributed by atoms with Crippen LogP contribution in [0.2, 0.25) is 0 Å². The van der Waals surface area contributed by atoms with Crippen molar-refractivity contribution < 1.29 is 13.6 Å². The van der Waals surface area contributed by atoms with Gasteiger partial charge in [-0.15, -0.1) is 16.8 Å². The summed E-state index contributed by atoms with van der Waals surface area (Å²) < 4.78 is 28.7. The third kappa shape index (κ3) is 4.43. The molecule has 1 heterocycles. The second kappa shape index (κ2) is 8.79. The molecule has 8 heteroatoms. The molecule has 1 fully saturated rings. The van der Waals surface area contributed by atoms with Crippen LogP contribution in [0.1, 0.15) is 29.6 Å². The molecule has 0 bridgehead atoms. The normalized spacial score (nSPS) is 17.5. The van der Waals surface area contributed by atoms with E-state index in [0.29, 0.717) is 17.6 Å². The van der Waals surface area contributed by atoms with Gasteiger partial charge in [0.1, 0.15) is 17.5 Å². The Labute approximate surface area is 177 Å². The molecule has 1 aromatic heterocycles. The molecule has 5 nitrogen and oxygen atoms in total. The largest absolute Gasteiger partial charge is 0.323 e. The lowest BCUT2D eigenvalue weighted by atomic mass is 10.1. The molecular weight excluding hydrogens is 406 g/mol. The minimum Gasteiger partial charge on any atom is -0.323 e. The quantitative estimate of drug-likeness (QED) is 0.417. The highest BCUT2D eigenvalue weighted by atomic mass is 32.2. The smallest absolute Gasteiger partial charge is 0.234 e. The molecule has 1 aliphatic rings. The molecular formula is C22H20F2N4OS.